The summed E-state index contributed by atoms with van der Waals surface area (Å²) in [7, 11) is -4.18. The van der Waals surface area contributed by atoms with E-state index in [1.807, 2.05) is 57.2 Å². The highest BCUT2D eigenvalue weighted by Crippen LogP contribution is 2.33. The van der Waals surface area contributed by atoms with Crippen LogP contribution < -0.4 is 4.72 Å². The predicted octanol–water partition coefficient (Wildman–Crippen LogP) is 5.39. The van der Waals surface area contributed by atoms with Gasteiger partial charge in [0.1, 0.15) is 17.2 Å². The Morgan fingerprint density at radius 1 is 1.02 bits per heavy atom. The Balaban J connectivity index is 1.31. The van der Waals surface area contributed by atoms with Crippen molar-refractivity contribution in [1.82, 2.24) is 19.8 Å². The molecule has 0 fully saturated rings. The first-order valence-electron chi connectivity index (χ1n) is 12.6. The van der Waals surface area contributed by atoms with Gasteiger partial charge < -0.3 is 19.0 Å². The minimum atomic E-state index is -4.18. The normalized spacial score (nSPS) is 13.4. The van der Waals surface area contributed by atoms with E-state index in [0.717, 1.165) is 10.9 Å². The van der Waals surface area contributed by atoms with E-state index in [4.69, 9.17) is 8.94 Å². The Morgan fingerprint density at radius 2 is 1.82 bits per heavy atom. The van der Waals surface area contributed by atoms with Gasteiger partial charge in [-0.25, -0.2) is 8.42 Å². The van der Waals surface area contributed by atoms with Crippen LogP contribution in [0.5, 0.6) is 0 Å². The van der Waals surface area contributed by atoms with Crippen LogP contribution in [0, 0.1) is 0 Å². The van der Waals surface area contributed by atoms with Crippen LogP contribution in [0.1, 0.15) is 32.2 Å². The minimum absolute atomic E-state index is 0.0226. The van der Waals surface area contributed by atoms with Gasteiger partial charge in [0.2, 0.25) is 21.7 Å². The average molecular weight is 559 g/mol. The number of furan rings is 1. The van der Waals surface area contributed by atoms with Crippen LogP contribution in [0.2, 0.25) is 0 Å². The van der Waals surface area contributed by atoms with Gasteiger partial charge in [0.15, 0.2) is 0 Å². The highest BCUT2D eigenvalue weighted by Gasteiger charge is 2.27. The Labute approximate surface area is 229 Å². The van der Waals surface area contributed by atoms with Crippen LogP contribution in [0.25, 0.3) is 44.2 Å². The summed E-state index contributed by atoms with van der Waals surface area (Å²) in [6, 6.07) is 15.9. The lowest BCUT2D eigenvalue weighted by Gasteiger charge is -2.15. The van der Waals surface area contributed by atoms with E-state index < -0.39 is 22.0 Å². The molecule has 204 valence electrons. The third kappa shape index (κ3) is 4.63. The number of benzene rings is 3. The molecule has 0 saturated heterocycles. The number of H-pyrrole nitrogens is 1. The van der Waals surface area contributed by atoms with Gasteiger partial charge in [-0.15, -0.1) is 0 Å². The summed E-state index contributed by atoms with van der Waals surface area (Å²) in [5.74, 6) is -0.333. The average Bonchev–Trinajstić information content (AvgIpc) is 3.64. The van der Waals surface area contributed by atoms with Gasteiger partial charge in [0.05, 0.1) is 4.90 Å². The molecule has 0 radical (unpaired) electrons. The summed E-state index contributed by atoms with van der Waals surface area (Å²) >= 11 is 0. The summed E-state index contributed by atoms with van der Waals surface area (Å²) in [5, 5.41) is 16.0. The van der Waals surface area contributed by atoms with E-state index in [9.17, 15) is 18.3 Å². The molecule has 0 bridgehead atoms. The largest absolute Gasteiger partial charge is 0.480 e. The van der Waals surface area contributed by atoms with Crippen molar-refractivity contribution in [2.45, 2.75) is 43.5 Å². The number of hydrogen-bond acceptors (Lipinski definition) is 7. The van der Waals surface area contributed by atoms with E-state index >= 15 is 0 Å². The molecule has 0 saturated carbocycles. The summed E-state index contributed by atoms with van der Waals surface area (Å²) < 4.78 is 40.4. The van der Waals surface area contributed by atoms with Crippen molar-refractivity contribution in [3.05, 3.63) is 78.3 Å². The molecule has 10 nitrogen and oxygen atoms in total. The number of sulfonamides is 1. The second-order valence-corrected chi connectivity index (χ2v) is 12.4. The fraction of sp³-hybridized carbons (Fsp3) is 0.207. The molecule has 0 aliphatic rings. The van der Waals surface area contributed by atoms with Crippen molar-refractivity contribution in [1.29, 1.82) is 0 Å². The molecule has 3 aromatic heterocycles. The number of nitrogens with zero attached hydrogens (tertiary/aromatic N) is 2. The molecule has 3 N–H and O–H groups in total. The van der Waals surface area contributed by atoms with Crippen molar-refractivity contribution >= 4 is 48.8 Å². The Hall–Kier alpha value is -4.48. The summed E-state index contributed by atoms with van der Waals surface area (Å²) in [5.41, 5.74) is 2.97. The third-order valence-electron chi connectivity index (χ3n) is 6.77. The zero-order valence-corrected chi connectivity index (χ0v) is 22.7. The Kier molecular flexibility index (Phi) is 6.00. The van der Waals surface area contributed by atoms with E-state index in [1.165, 1.54) is 12.1 Å². The van der Waals surface area contributed by atoms with Gasteiger partial charge in [-0.2, -0.15) is 9.71 Å². The number of aliphatic carboxylic acids is 1. The van der Waals surface area contributed by atoms with Gasteiger partial charge in [-0.1, -0.05) is 50.2 Å². The quantitative estimate of drug-likeness (QED) is 0.236. The Morgan fingerprint density at radius 3 is 2.58 bits per heavy atom. The van der Waals surface area contributed by atoms with Crippen LogP contribution >= 0.6 is 0 Å². The van der Waals surface area contributed by atoms with Crippen molar-refractivity contribution in [3.8, 4) is 11.4 Å². The lowest BCUT2D eigenvalue weighted by atomic mass is 9.97. The molecular weight excluding hydrogens is 532 g/mol. The molecule has 6 aromatic rings. The van der Waals surface area contributed by atoms with Crippen molar-refractivity contribution < 1.29 is 27.3 Å². The summed E-state index contributed by atoms with van der Waals surface area (Å²) in [6.07, 6.45) is 1.68. The number of rotatable bonds is 7. The van der Waals surface area contributed by atoms with E-state index in [0.29, 0.717) is 44.8 Å². The number of aromatic nitrogens is 3. The van der Waals surface area contributed by atoms with Crippen LogP contribution in [-0.2, 0) is 26.7 Å². The number of carboxylic acid groups (broad SMARTS) is 1. The van der Waals surface area contributed by atoms with Crippen molar-refractivity contribution in [2.75, 3.05) is 0 Å². The molecule has 6 rings (SSSR count). The maximum atomic E-state index is 13.3. The van der Waals surface area contributed by atoms with Crippen molar-refractivity contribution in [3.63, 3.8) is 0 Å². The first kappa shape index (κ1) is 25.8. The molecule has 3 heterocycles. The maximum absolute atomic E-state index is 13.3. The zero-order valence-electron chi connectivity index (χ0n) is 21.9. The molecule has 0 unspecified atom stereocenters. The maximum Gasteiger partial charge on any atom is 0.322 e. The number of fused-ring (bicyclic) bond motifs is 4. The Bertz CT molecular complexity index is 2010. The molecule has 0 amide bonds. The predicted molar refractivity (Wildman–Crippen MR) is 149 cm³/mol. The highest BCUT2D eigenvalue weighted by atomic mass is 32.2. The van der Waals surface area contributed by atoms with Crippen LogP contribution in [0.15, 0.2) is 80.7 Å². The fourth-order valence-electron chi connectivity index (χ4n) is 4.66. The SMILES string of the molecule is CC(C)(C)c1nc(-c2ccc3c(c2)oc2ccc(S(=O)(=O)N[C@@H](Cc4c[nH]c5ccccc45)C(=O)O)cc23)no1. The van der Waals surface area contributed by atoms with E-state index in [2.05, 4.69) is 19.8 Å². The molecule has 1 atom stereocenters. The second-order valence-electron chi connectivity index (χ2n) is 10.7. The van der Waals surface area contributed by atoms with E-state index in [-0.39, 0.29) is 16.7 Å². The molecule has 11 heteroatoms. The molecule has 0 spiro atoms. The number of carbonyl (C=O) groups is 1. The molecule has 3 aromatic carbocycles. The zero-order chi connectivity index (χ0) is 28.2. The van der Waals surface area contributed by atoms with Crippen LogP contribution in [-0.4, -0.2) is 40.7 Å². The smallest absolute Gasteiger partial charge is 0.322 e. The number of aromatic amines is 1. The third-order valence-corrected chi connectivity index (χ3v) is 8.24. The fourth-order valence-corrected chi connectivity index (χ4v) is 5.88. The highest BCUT2D eigenvalue weighted by molar-refractivity contribution is 7.89. The molecule has 0 aliphatic carbocycles. The van der Waals surface area contributed by atoms with Gasteiger partial charge in [0, 0.05) is 45.3 Å². The first-order chi connectivity index (χ1) is 19.0. The van der Waals surface area contributed by atoms with Gasteiger partial charge in [-0.3, -0.25) is 4.79 Å². The van der Waals surface area contributed by atoms with Crippen molar-refractivity contribution in [2.24, 2.45) is 0 Å². The van der Waals surface area contributed by atoms with Gasteiger partial charge in [0.25, 0.3) is 0 Å². The number of para-hydroxylation sites is 1. The van der Waals surface area contributed by atoms with Gasteiger partial charge in [-0.05, 0) is 42.0 Å². The number of hydrogen-bond donors (Lipinski definition) is 3. The summed E-state index contributed by atoms with van der Waals surface area (Å²) in [4.78, 5) is 19.6. The number of carboxylic acids is 1. The van der Waals surface area contributed by atoms with Crippen LogP contribution in [0.3, 0.4) is 0 Å². The standard InChI is InChI=1S/C29H26N4O6S/c1-29(2,3)28-31-26(32-39-28)16-8-10-20-21-14-18(9-11-24(21)38-25(20)13-16)40(36,37)33-23(27(34)35)12-17-15-30-22-7-5-4-6-19(17)22/h4-11,13-15,23,30,33H,12H2,1-3H3,(H,34,35)/t23-/m0/s1. The summed E-state index contributed by atoms with van der Waals surface area (Å²) in [6.45, 7) is 5.94. The topological polar surface area (TPSA) is 151 Å². The van der Waals surface area contributed by atoms with Crippen LogP contribution in [0.4, 0.5) is 0 Å². The molecular formula is C29H26N4O6S. The monoisotopic (exact) mass is 558 g/mol. The first-order valence-corrected chi connectivity index (χ1v) is 14.1. The number of nitrogens with one attached hydrogen (secondary N) is 2. The molecule has 0 aliphatic heterocycles. The molecule has 40 heavy (non-hydrogen) atoms. The van der Waals surface area contributed by atoms with Gasteiger partial charge >= 0.3 is 5.97 Å². The van der Waals surface area contributed by atoms with E-state index in [1.54, 1.807) is 18.3 Å². The minimum Gasteiger partial charge on any atom is -0.480 e. The lowest BCUT2D eigenvalue weighted by Crippen LogP contribution is -2.42. The second kappa shape index (κ2) is 9.32. The lowest BCUT2D eigenvalue weighted by molar-refractivity contribution is -0.138.